The fraction of sp³-hybridized carbons (Fsp3) is 1.00. The van der Waals surface area contributed by atoms with Crippen molar-refractivity contribution in [3.8, 4) is 0 Å². The monoisotopic (exact) mass is 226 g/mol. The second-order valence-corrected chi connectivity index (χ2v) is 5.56. The Hall–Kier alpha value is -0.120. The van der Waals surface area contributed by atoms with Crippen molar-refractivity contribution in [3.63, 3.8) is 0 Å². The molecule has 2 heterocycles. The second-order valence-electron chi connectivity index (χ2n) is 5.56. The molecule has 0 spiro atoms. The third kappa shape index (κ3) is 3.19. The third-order valence-electron chi connectivity index (χ3n) is 4.07. The van der Waals surface area contributed by atoms with Gasteiger partial charge in [0, 0.05) is 38.3 Å². The Morgan fingerprint density at radius 3 is 3.00 bits per heavy atom. The van der Waals surface area contributed by atoms with Gasteiger partial charge < -0.3 is 10.1 Å². The van der Waals surface area contributed by atoms with Gasteiger partial charge in [-0.2, -0.15) is 0 Å². The average Bonchev–Trinajstić information content (AvgIpc) is 2.30. The largest absolute Gasteiger partial charge is 0.377 e. The molecule has 2 rings (SSSR count). The highest BCUT2D eigenvalue weighted by molar-refractivity contribution is 4.90. The minimum atomic E-state index is 0.312. The zero-order chi connectivity index (χ0) is 11.4. The molecule has 0 aromatic carbocycles. The van der Waals surface area contributed by atoms with Crippen molar-refractivity contribution in [1.29, 1.82) is 0 Å². The Kier molecular flexibility index (Phi) is 4.22. The van der Waals surface area contributed by atoms with E-state index in [0.717, 1.165) is 19.7 Å². The van der Waals surface area contributed by atoms with Gasteiger partial charge in [0.05, 0.1) is 6.10 Å². The Balaban J connectivity index is 1.80. The number of hydrogen-bond acceptors (Lipinski definition) is 3. The van der Waals surface area contributed by atoms with Crippen LogP contribution in [-0.2, 0) is 4.74 Å². The quantitative estimate of drug-likeness (QED) is 0.791. The number of rotatable bonds is 3. The zero-order valence-corrected chi connectivity index (χ0v) is 10.8. The minimum absolute atomic E-state index is 0.312. The van der Waals surface area contributed by atoms with E-state index >= 15 is 0 Å². The van der Waals surface area contributed by atoms with E-state index in [-0.39, 0.29) is 0 Å². The molecule has 3 nitrogen and oxygen atoms in total. The van der Waals surface area contributed by atoms with Crippen LogP contribution < -0.4 is 5.32 Å². The number of piperazine rings is 1. The van der Waals surface area contributed by atoms with Gasteiger partial charge in [-0.1, -0.05) is 6.92 Å². The van der Waals surface area contributed by atoms with Crippen LogP contribution in [0.2, 0.25) is 0 Å². The predicted molar refractivity (Wildman–Crippen MR) is 66.7 cm³/mol. The molecule has 0 bridgehead atoms. The summed E-state index contributed by atoms with van der Waals surface area (Å²) in [6.07, 6.45) is 5.56. The summed E-state index contributed by atoms with van der Waals surface area (Å²) >= 11 is 0. The van der Waals surface area contributed by atoms with Crippen molar-refractivity contribution >= 4 is 0 Å². The molecule has 2 unspecified atom stereocenters. The molecular formula is C13H26N2O. The van der Waals surface area contributed by atoms with Crippen molar-refractivity contribution in [2.75, 3.05) is 32.8 Å². The maximum absolute atomic E-state index is 5.82. The average molecular weight is 226 g/mol. The lowest BCUT2D eigenvalue weighted by Gasteiger charge is -2.42. The molecule has 16 heavy (non-hydrogen) atoms. The lowest BCUT2D eigenvalue weighted by molar-refractivity contribution is -0.0151. The molecule has 2 aliphatic rings. The standard InChI is InChI=1S/C13H26N2O/c1-3-13(2)11-15(8-7-14-13)10-12-6-4-5-9-16-12/h12,14H,3-11H2,1-2H3. The molecule has 3 heteroatoms. The van der Waals surface area contributed by atoms with E-state index in [0.29, 0.717) is 11.6 Å². The van der Waals surface area contributed by atoms with Crippen LogP contribution in [0.5, 0.6) is 0 Å². The molecule has 2 fully saturated rings. The van der Waals surface area contributed by atoms with E-state index in [2.05, 4.69) is 24.1 Å². The Labute approximate surface area is 99.5 Å². The molecule has 2 atom stereocenters. The summed E-state index contributed by atoms with van der Waals surface area (Å²) in [5.41, 5.74) is 0.312. The zero-order valence-electron chi connectivity index (χ0n) is 10.8. The molecule has 1 N–H and O–H groups in total. The van der Waals surface area contributed by atoms with E-state index in [9.17, 15) is 0 Å². The summed E-state index contributed by atoms with van der Waals surface area (Å²) in [6.45, 7) is 10.2. The number of nitrogens with zero attached hydrogens (tertiary/aromatic N) is 1. The fourth-order valence-electron chi connectivity index (χ4n) is 2.78. The molecule has 94 valence electrons. The van der Waals surface area contributed by atoms with Crippen LogP contribution in [0.25, 0.3) is 0 Å². The molecule has 0 radical (unpaired) electrons. The lowest BCUT2D eigenvalue weighted by atomic mass is 9.95. The van der Waals surface area contributed by atoms with Gasteiger partial charge >= 0.3 is 0 Å². The number of nitrogens with one attached hydrogen (secondary N) is 1. The van der Waals surface area contributed by atoms with Crippen LogP contribution >= 0.6 is 0 Å². The summed E-state index contributed by atoms with van der Waals surface area (Å²) < 4.78 is 5.82. The van der Waals surface area contributed by atoms with E-state index in [1.807, 2.05) is 0 Å². The van der Waals surface area contributed by atoms with Gasteiger partial charge in [0.25, 0.3) is 0 Å². The van der Waals surface area contributed by atoms with Gasteiger partial charge in [0.2, 0.25) is 0 Å². The number of ether oxygens (including phenoxy) is 1. The number of hydrogen-bond donors (Lipinski definition) is 1. The van der Waals surface area contributed by atoms with Gasteiger partial charge in [0.15, 0.2) is 0 Å². The van der Waals surface area contributed by atoms with E-state index in [1.165, 1.54) is 38.8 Å². The highest BCUT2D eigenvalue weighted by atomic mass is 16.5. The SMILES string of the molecule is CCC1(C)CN(CC2CCCCO2)CCN1. The van der Waals surface area contributed by atoms with E-state index < -0.39 is 0 Å². The first-order valence-corrected chi connectivity index (χ1v) is 6.81. The summed E-state index contributed by atoms with van der Waals surface area (Å²) in [6, 6.07) is 0. The van der Waals surface area contributed by atoms with Gasteiger partial charge in [-0.25, -0.2) is 0 Å². The smallest absolute Gasteiger partial charge is 0.0702 e. The van der Waals surface area contributed by atoms with Crippen LogP contribution in [-0.4, -0.2) is 49.3 Å². The fourth-order valence-corrected chi connectivity index (χ4v) is 2.78. The minimum Gasteiger partial charge on any atom is -0.377 e. The van der Waals surface area contributed by atoms with Crippen LogP contribution in [0.3, 0.4) is 0 Å². The van der Waals surface area contributed by atoms with Gasteiger partial charge in [0.1, 0.15) is 0 Å². The van der Waals surface area contributed by atoms with Crippen LogP contribution in [0.4, 0.5) is 0 Å². The Morgan fingerprint density at radius 1 is 1.44 bits per heavy atom. The van der Waals surface area contributed by atoms with Gasteiger partial charge in [-0.3, -0.25) is 4.90 Å². The first-order valence-electron chi connectivity index (χ1n) is 6.81. The lowest BCUT2D eigenvalue weighted by Crippen LogP contribution is -2.59. The van der Waals surface area contributed by atoms with E-state index in [4.69, 9.17) is 4.74 Å². The van der Waals surface area contributed by atoms with Crippen molar-refractivity contribution in [2.24, 2.45) is 0 Å². The third-order valence-corrected chi connectivity index (χ3v) is 4.07. The Morgan fingerprint density at radius 2 is 2.31 bits per heavy atom. The van der Waals surface area contributed by atoms with Crippen molar-refractivity contribution in [3.05, 3.63) is 0 Å². The van der Waals surface area contributed by atoms with Crippen molar-refractivity contribution in [2.45, 2.75) is 51.2 Å². The van der Waals surface area contributed by atoms with Crippen molar-refractivity contribution < 1.29 is 4.74 Å². The van der Waals surface area contributed by atoms with E-state index in [1.54, 1.807) is 0 Å². The van der Waals surface area contributed by atoms with Gasteiger partial charge in [-0.15, -0.1) is 0 Å². The molecule has 2 saturated heterocycles. The van der Waals surface area contributed by atoms with Crippen LogP contribution in [0, 0.1) is 0 Å². The molecule has 0 aromatic rings. The summed E-state index contributed by atoms with van der Waals surface area (Å²) in [7, 11) is 0. The summed E-state index contributed by atoms with van der Waals surface area (Å²) in [5, 5.41) is 3.63. The normalized spacial score (nSPS) is 37.5. The topological polar surface area (TPSA) is 24.5 Å². The van der Waals surface area contributed by atoms with Crippen LogP contribution in [0.1, 0.15) is 39.5 Å². The highest BCUT2D eigenvalue weighted by Gasteiger charge is 2.30. The molecule has 0 aliphatic carbocycles. The maximum atomic E-state index is 5.82. The first kappa shape index (κ1) is 12.3. The van der Waals surface area contributed by atoms with Gasteiger partial charge in [-0.05, 0) is 32.6 Å². The van der Waals surface area contributed by atoms with Crippen LogP contribution in [0.15, 0.2) is 0 Å². The molecular weight excluding hydrogens is 200 g/mol. The molecule has 0 amide bonds. The highest BCUT2D eigenvalue weighted by Crippen LogP contribution is 2.18. The molecule has 2 aliphatic heterocycles. The summed E-state index contributed by atoms with van der Waals surface area (Å²) in [4.78, 5) is 2.58. The first-order chi connectivity index (χ1) is 7.72. The maximum Gasteiger partial charge on any atom is 0.0702 e. The Bertz CT molecular complexity index is 216. The molecule has 0 saturated carbocycles. The second kappa shape index (κ2) is 5.48. The summed E-state index contributed by atoms with van der Waals surface area (Å²) in [5.74, 6) is 0. The van der Waals surface area contributed by atoms with Crippen molar-refractivity contribution in [1.82, 2.24) is 10.2 Å². The molecule has 0 aromatic heterocycles. The predicted octanol–water partition coefficient (Wildman–Crippen LogP) is 1.63.